The number of piperidine rings is 1. The number of carbonyl (C=O) groups is 2. The standard InChI is InChI=1S/C12H23N3O3/c1-18-10-7-13-11(16)5-6-14-12(17)15-8-3-2-4-9-15/h2-10H2,1H3,(H,13,16)(H,14,17). The van der Waals surface area contributed by atoms with E-state index in [9.17, 15) is 9.59 Å². The molecule has 3 amide bonds. The second-order valence-electron chi connectivity index (χ2n) is 4.37. The van der Waals surface area contributed by atoms with Crippen LogP contribution < -0.4 is 10.6 Å². The molecule has 0 spiro atoms. The Hall–Kier alpha value is -1.30. The molecule has 1 rings (SSSR count). The van der Waals surface area contributed by atoms with Gasteiger partial charge in [0.2, 0.25) is 5.91 Å². The highest BCUT2D eigenvalue weighted by molar-refractivity contribution is 5.78. The number of amides is 3. The Balaban J connectivity index is 2.05. The summed E-state index contributed by atoms with van der Waals surface area (Å²) in [4.78, 5) is 24.9. The number of urea groups is 1. The highest BCUT2D eigenvalue weighted by atomic mass is 16.5. The fourth-order valence-electron chi connectivity index (χ4n) is 1.87. The maximum absolute atomic E-state index is 11.7. The summed E-state index contributed by atoms with van der Waals surface area (Å²) in [6.45, 7) is 3.05. The maximum atomic E-state index is 11.7. The molecule has 0 aromatic carbocycles. The van der Waals surface area contributed by atoms with Gasteiger partial charge in [-0.2, -0.15) is 0 Å². The number of carbonyl (C=O) groups excluding carboxylic acids is 2. The normalized spacial score (nSPS) is 15.3. The summed E-state index contributed by atoms with van der Waals surface area (Å²) in [6, 6.07) is -0.0561. The van der Waals surface area contributed by atoms with Crippen molar-refractivity contribution in [1.29, 1.82) is 0 Å². The van der Waals surface area contributed by atoms with Crippen LogP contribution in [0, 0.1) is 0 Å². The molecule has 0 aromatic heterocycles. The van der Waals surface area contributed by atoms with Crippen LogP contribution in [0.2, 0.25) is 0 Å². The number of nitrogens with zero attached hydrogens (tertiary/aromatic N) is 1. The zero-order valence-electron chi connectivity index (χ0n) is 11.0. The first-order chi connectivity index (χ1) is 8.74. The molecule has 2 N–H and O–H groups in total. The smallest absolute Gasteiger partial charge is 0.317 e. The number of rotatable bonds is 6. The fourth-order valence-corrected chi connectivity index (χ4v) is 1.87. The van der Waals surface area contributed by atoms with Gasteiger partial charge in [0, 0.05) is 39.7 Å². The molecule has 0 aliphatic carbocycles. The third kappa shape index (κ3) is 5.86. The highest BCUT2D eigenvalue weighted by Gasteiger charge is 2.15. The Morgan fingerprint density at radius 1 is 1.11 bits per heavy atom. The second kappa shape index (κ2) is 8.74. The van der Waals surface area contributed by atoms with Crippen molar-refractivity contribution in [3.8, 4) is 0 Å². The Morgan fingerprint density at radius 3 is 2.50 bits per heavy atom. The van der Waals surface area contributed by atoms with Crippen molar-refractivity contribution < 1.29 is 14.3 Å². The first-order valence-electron chi connectivity index (χ1n) is 6.52. The van der Waals surface area contributed by atoms with Crippen molar-refractivity contribution in [3.05, 3.63) is 0 Å². The van der Waals surface area contributed by atoms with Gasteiger partial charge >= 0.3 is 6.03 Å². The Bertz CT molecular complexity index is 265. The van der Waals surface area contributed by atoms with Gasteiger partial charge in [-0.25, -0.2) is 4.79 Å². The van der Waals surface area contributed by atoms with E-state index in [1.54, 1.807) is 7.11 Å². The van der Waals surface area contributed by atoms with E-state index in [0.29, 0.717) is 26.1 Å². The zero-order chi connectivity index (χ0) is 13.2. The molecule has 1 fully saturated rings. The lowest BCUT2D eigenvalue weighted by Crippen LogP contribution is -2.43. The third-order valence-corrected chi connectivity index (χ3v) is 2.90. The number of nitrogens with one attached hydrogen (secondary N) is 2. The van der Waals surface area contributed by atoms with Crippen LogP contribution in [0.15, 0.2) is 0 Å². The molecule has 104 valence electrons. The minimum absolute atomic E-state index is 0.0561. The summed E-state index contributed by atoms with van der Waals surface area (Å²) >= 11 is 0. The Kier molecular flexibility index (Phi) is 7.17. The van der Waals surface area contributed by atoms with Crippen LogP contribution in [0.4, 0.5) is 4.79 Å². The quantitative estimate of drug-likeness (QED) is 0.674. The summed E-state index contributed by atoms with van der Waals surface area (Å²) in [5.41, 5.74) is 0. The van der Waals surface area contributed by atoms with E-state index in [0.717, 1.165) is 25.9 Å². The topological polar surface area (TPSA) is 70.7 Å². The molecule has 18 heavy (non-hydrogen) atoms. The number of likely N-dealkylation sites (tertiary alicyclic amines) is 1. The summed E-state index contributed by atoms with van der Waals surface area (Å²) in [5.74, 6) is -0.0639. The van der Waals surface area contributed by atoms with Gasteiger partial charge < -0.3 is 20.3 Å². The van der Waals surface area contributed by atoms with Crippen LogP contribution in [0.1, 0.15) is 25.7 Å². The Labute approximate surface area is 108 Å². The van der Waals surface area contributed by atoms with Gasteiger partial charge in [0.05, 0.1) is 6.61 Å². The van der Waals surface area contributed by atoms with Crippen LogP contribution in [-0.2, 0) is 9.53 Å². The summed E-state index contributed by atoms with van der Waals surface area (Å²) < 4.78 is 4.82. The van der Waals surface area contributed by atoms with Crippen molar-refractivity contribution >= 4 is 11.9 Å². The van der Waals surface area contributed by atoms with E-state index in [1.165, 1.54) is 6.42 Å². The van der Waals surface area contributed by atoms with E-state index in [-0.39, 0.29) is 11.9 Å². The molecule has 6 nitrogen and oxygen atoms in total. The average Bonchev–Trinajstić information content (AvgIpc) is 2.40. The molecule has 1 aliphatic rings. The first-order valence-corrected chi connectivity index (χ1v) is 6.52. The molecule has 1 heterocycles. The highest BCUT2D eigenvalue weighted by Crippen LogP contribution is 2.08. The number of methoxy groups -OCH3 is 1. The van der Waals surface area contributed by atoms with Crippen molar-refractivity contribution in [1.82, 2.24) is 15.5 Å². The van der Waals surface area contributed by atoms with Crippen molar-refractivity contribution in [2.45, 2.75) is 25.7 Å². The lowest BCUT2D eigenvalue weighted by Gasteiger charge is -2.26. The van der Waals surface area contributed by atoms with Gasteiger partial charge in [0.1, 0.15) is 0 Å². The third-order valence-electron chi connectivity index (χ3n) is 2.90. The fraction of sp³-hybridized carbons (Fsp3) is 0.833. The van der Waals surface area contributed by atoms with Crippen LogP contribution in [0.3, 0.4) is 0 Å². The maximum Gasteiger partial charge on any atom is 0.317 e. The van der Waals surface area contributed by atoms with Crippen molar-refractivity contribution in [2.75, 3.05) is 39.9 Å². The molecule has 0 aromatic rings. The molecule has 0 radical (unpaired) electrons. The van der Waals surface area contributed by atoms with Crippen LogP contribution in [0.5, 0.6) is 0 Å². The monoisotopic (exact) mass is 257 g/mol. The predicted molar refractivity (Wildman–Crippen MR) is 68.3 cm³/mol. The molecule has 0 saturated carbocycles. The average molecular weight is 257 g/mol. The minimum atomic E-state index is -0.0639. The SMILES string of the molecule is COCCNC(=O)CCNC(=O)N1CCCCC1. The van der Waals surface area contributed by atoms with Crippen molar-refractivity contribution in [2.24, 2.45) is 0 Å². The molecule has 6 heteroatoms. The number of hydrogen-bond donors (Lipinski definition) is 2. The predicted octanol–water partition coefficient (Wildman–Crippen LogP) is 0.335. The summed E-state index contributed by atoms with van der Waals surface area (Å²) in [5, 5.41) is 5.48. The lowest BCUT2D eigenvalue weighted by molar-refractivity contribution is -0.121. The summed E-state index contributed by atoms with van der Waals surface area (Å²) in [7, 11) is 1.59. The number of ether oxygens (including phenoxy) is 1. The van der Waals surface area contributed by atoms with Crippen LogP contribution >= 0.6 is 0 Å². The first kappa shape index (κ1) is 14.8. The lowest BCUT2D eigenvalue weighted by atomic mass is 10.1. The van der Waals surface area contributed by atoms with Gasteiger partial charge in [-0.3, -0.25) is 4.79 Å². The summed E-state index contributed by atoms with van der Waals surface area (Å²) in [6.07, 6.45) is 3.66. The van der Waals surface area contributed by atoms with Crippen molar-refractivity contribution in [3.63, 3.8) is 0 Å². The molecule has 0 bridgehead atoms. The molecule has 0 unspecified atom stereocenters. The van der Waals surface area contributed by atoms with Gasteiger partial charge in [0.25, 0.3) is 0 Å². The molecule has 1 saturated heterocycles. The van der Waals surface area contributed by atoms with Gasteiger partial charge in [0.15, 0.2) is 0 Å². The van der Waals surface area contributed by atoms with E-state index in [1.807, 2.05) is 4.90 Å². The van der Waals surface area contributed by atoms with E-state index in [2.05, 4.69) is 10.6 Å². The van der Waals surface area contributed by atoms with E-state index >= 15 is 0 Å². The van der Waals surface area contributed by atoms with E-state index in [4.69, 9.17) is 4.74 Å². The van der Waals surface area contributed by atoms with Gasteiger partial charge in [-0.1, -0.05) is 0 Å². The largest absolute Gasteiger partial charge is 0.383 e. The molecular weight excluding hydrogens is 234 g/mol. The van der Waals surface area contributed by atoms with Crippen LogP contribution in [-0.4, -0.2) is 56.7 Å². The zero-order valence-corrected chi connectivity index (χ0v) is 11.0. The van der Waals surface area contributed by atoms with Crippen LogP contribution in [0.25, 0.3) is 0 Å². The van der Waals surface area contributed by atoms with E-state index < -0.39 is 0 Å². The Morgan fingerprint density at radius 2 is 1.83 bits per heavy atom. The van der Waals surface area contributed by atoms with Gasteiger partial charge in [-0.15, -0.1) is 0 Å². The molecular formula is C12H23N3O3. The minimum Gasteiger partial charge on any atom is -0.383 e. The molecule has 0 atom stereocenters. The second-order valence-corrected chi connectivity index (χ2v) is 4.37. The molecule has 1 aliphatic heterocycles. The number of hydrogen-bond acceptors (Lipinski definition) is 3. The van der Waals surface area contributed by atoms with Gasteiger partial charge in [-0.05, 0) is 19.3 Å².